The number of ether oxygens (including phenoxy) is 1. The van der Waals surface area contributed by atoms with E-state index in [4.69, 9.17) is 4.74 Å². The summed E-state index contributed by atoms with van der Waals surface area (Å²) in [6.45, 7) is 3.77. The number of carbonyl (C=O) groups excluding carboxylic acids is 1. The molecule has 0 amide bonds. The number of hydrogen-bond acceptors (Lipinski definition) is 5. The van der Waals surface area contributed by atoms with Gasteiger partial charge in [0.05, 0.1) is 18.2 Å². The van der Waals surface area contributed by atoms with Gasteiger partial charge in [-0.15, -0.1) is 0 Å². The maximum absolute atomic E-state index is 13.8. The topological polar surface area (TPSA) is 79.0 Å². The van der Waals surface area contributed by atoms with E-state index in [-0.39, 0.29) is 23.1 Å². The third kappa shape index (κ3) is 4.14. The van der Waals surface area contributed by atoms with E-state index in [1.165, 1.54) is 24.3 Å². The van der Waals surface area contributed by atoms with Gasteiger partial charge in [-0.25, -0.2) is 13.8 Å². The lowest BCUT2D eigenvalue weighted by Crippen LogP contribution is -2.33. The van der Waals surface area contributed by atoms with Crippen molar-refractivity contribution < 1.29 is 18.3 Å². The molecule has 4 aromatic rings. The average Bonchev–Trinajstić information content (AvgIpc) is 3.31. The number of aromatic nitrogens is 4. The van der Waals surface area contributed by atoms with Crippen LogP contribution in [-0.2, 0) is 11.3 Å². The summed E-state index contributed by atoms with van der Waals surface area (Å²) < 4.78 is 36.5. The van der Waals surface area contributed by atoms with Crippen LogP contribution < -0.4 is 10.2 Å². The van der Waals surface area contributed by atoms with E-state index in [2.05, 4.69) is 10.1 Å². The van der Waals surface area contributed by atoms with Gasteiger partial charge in [-0.05, 0) is 35.4 Å². The van der Waals surface area contributed by atoms with Gasteiger partial charge in [0.25, 0.3) is 0 Å². The highest BCUT2D eigenvalue weighted by Crippen LogP contribution is 2.42. The molecule has 5 rings (SSSR count). The quantitative estimate of drug-likeness (QED) is 0.401. The molecule has 2 aromatic heterocycles. The monoisotopic (exact) mass is 476 g/mol. The first-order chi connectivity index (χ1) is 16.8. The second kappa shape index (κ2) is 8.90. The fourth-order valence-corrected chi connectivity index (χ4v) is 4.40. The molecule has 3 heterocycles. The number of fused-ring (bicyclic) bond motifs is 3. The summed E-state index contributed by atoms with van der Waals surface area (Å²) in [5, 5.41) is 4.41. The van der Waals surface area contributed by atoms with Crippen LogP contribution in [-0.4, -0.2) is 25.3 Å². The van der Waals surface area contributed by atoms with Gasteiger partial charge in [-0.2, -0.15) is 5.10 Å². The first-order valence-corrected chi connectivity index (χ1v) is 11.2. The standard InChI is InChI=1S/C26H22F2N4O3/c1-15(2)26(34)35-24-21(33)13-30-32-20(14-31-12-11-29-25(31)23(24)32)22(16-3-7-18(27)8-4-16)17-5-9-19(28)10-6-17/h3-13,15,20,22H,14H2,1-2H3/t20-/m1/s1. The van der Waals surface area contributed by atoms with Crippen LogP contribution in [0.3, 0.4) is 0 Å². The minimum absolute atomic E-state index is 0.146. The predicted octanol–water partition coefficient (Wildman–Crippen LogP) is 4.33. The molecule has 178 valence electrons. The number of benzene rings is 2. The lowest BCUT2D eigenvalue weighted by atomic mass is 9.84. The number of halogens is 2. The molecule has 0 saturated carbocycles. The smallest absolute Gasteiger partial charge is 0.313 e. The second-order valence-corrected chi connectivity index (χ2v) is 8.76. The molecule has 7 nitrogen and oxygen atoms in total. The lowest BCUT2D eigenvalue weighted by molar-refractivity contribution is -0.137. The van der Waals surface area contributed by atoms with Crippen LogP contribution in [0.25, 0.3) is 11.5 Å². The van der Waals surface area contributed by atoms with Crippen molar-refractivity contribution in [1.29, 1.82) is 0 Å². The Kier molecular flexibility index (Phi) is 5.76. The minimum atomic E-state index is -0.551. The van der Waals surface area contributed by atoms with Gasteiger partial charge in [-0.3, -0.25) is 14.3 Å². The first kappa shape index (κ1) is 22.6. The van der Waals surface area contributed by atoms with E-state index in [0.717, 1.165) is 17.3 Å². The van der Waals surface area contributed by atoms with Gasteiger partial charge in [0, 0.05) is 24.9 Å². The SMILES string of the molecule is CC(C)C(=O)Oc1c2n(ncc1=O)[C@@H](C(c1ccc(F)cc1)c1ccc(F)cc1)Cn1ccnc1-2. The van der Waals surface area contributed by atoms with E-state index < -0.39 is 29.3 Å². The van der Waals surface area contributed by atoms with Crippen LogP contribution in [0.1, 0.15) is 36.9 Å². The van der Waals surface area contributed by atoms with E-state index in [1.54, 1.807) is 55.2 Å². The largest absolute Gasteiger partial charge is 0.420 e. The zero-order chi connectivity index (χ0) is 24.7. The Bertz CT molecular complexity index is 1400. The molecule has 9 heteroatoms. The van der Waals surface area contributed by atoms with Gasteiger partial charge in [0.1, 0.15) is 17.3 Å². The zero-order valence-corrected chi connectivity index (χ0v) is 19.1. The number of nitrogens with zero attached hydrogens (tertiary/aromatic N) is 4. The third-order valence-corrected chi connectivity index (χ3v) is 6.11. The Labute approximate surface area is 199 Å². The number of carbonyl (C=O) groups is 1. The number of hydrogen-bond donors (Lipinski definition) is 0. The Morgan fingerprint density at radius 3 is 2.20 bits per heavy atom. The molecule has 0 fully saturated rings. The zero-order valence-electron chi connectivity index (χ0n) is 19.1. The molecule has 1 aliphatic rings. The maximum atomic E-state index is 13.8. The Balaban J connectivity index is 1.73. The Morgan fingerprint density at radius 1 is 1.03 bits per heavy atom. The average molecular weight is 476 g/mol. The van der Waals surface area contributed by atoms with Crippen molar-refractivity contribution in [3.05, 3.63) is 100 Å². The van der Waals surface area contributed by atoms with Crippen molar-refractivity contribution in [1.82, 2.24) is 19.3 Å². The van der Waals surface area contributed by atoms with Gasteiger partial charge in [0.2, 0.25) is 11.2 Å². The molecular weight excluding hydrogens is 454 g/mol. The molecular formula is C26H22F2N4O3. The maximum Gasteiger partial charge on any atom is 0.313 e. The highest BCUT2D eigenvalue weighted by atomic mass is 19.1. The number of imidazole rings is 1. The normalized spacial score (nSPS) is 14.6. The summed E-state index contributed by atoms with van der Waals surface area (Å²) in [5.41, 5.74) is 1.29. The van der Waals surface area contributed by atoms with E-state index in [1.807, 2.05) is 4.57 Å². The molecule has 2 aromatic carbocycles. The summed E-state index contributed by atoms with van der Waals surface area (Å²) in [4.78, 5) is 29.6. The van der Waals surface area contributed by atoms with Crippen molar-refractivity contribution in [2.75, 3.05) is 0 Å². The lowest BCUT2D eigenvalue weighted by Gasteiger charge is -2.35. The molecule has 0 saturated heterocycles. The van der Waals surface area contributed by atoms with Crippen molar-refractivity contribution in [2.24, 2.45) is 5.92 Å². The molecule has 0 N–H and O–H groups in total. The van der Waals surface area contributed by atoms with Crippen LogP contribution in [0, 0.1) is 17.6 Å². The molecule has 0 radical (unpaired) electrons. The molecule has 35 heavy (non-hydrogen) atoms. The van der Waals surface area contributed by atoms with E-state index in [9.17, 15) is 18.4 Å². The van der Waals surface area contributed by atoms with Crippen molar-refractivity contribution in [2.45, 2.75) is 32.4 Å². The van der Waals surface area contributed by atoms with E-state index >= 15 is 0 Å². The summed E-state index contributed by atoms with van der Waals surface area (Å²) in [6, 6.07) is 11.7. The van der Waals surface area contributed by atoms with Crippen molar-refractivity contribution in [3.63, 3.8) is 0 Å². The molecule has 0 spiro atoms. The molecule has 0 bridgehead atoms. The summed E-state index contributed by atoms with van der Waals surface area (Å²) >= 11 is 0. The highest BCUT2D eigenvalue weighted by Gasteiger charge is 2.36. The van der Waals surface area contributed by atoms with Gasteiger partial charge in [0.15, 0.2) is 5.82 Å². The van der Waals surface area contributed by atoms with Crippen molar-refractivity contribution in [3.8, 4) is 17.3 Å². The molecule has 1 aliphatic heterocycles. The van der Waals surface area contributed by atoms with Gasteiger partial charge < -0.3 is 9.30 Å². The Hall–Kier alpha value is -4.14. The minimum Gasteiger partial charge on any atom is -0.420 e. The second-order valence-electron chi connectivity index (χ2n) is 8.76. The van der Waals surface area contributed by atoms with Gasteiger partial charge in [-0.1, -0.05) is 38.1 Å². The van der Waals surface area contributed by atoms with Crippen LogP contribution in [0.5, 0.6) is 5.75 Å². The van der Waals surface area contributed by atoms with Crippen LogP contribution in [0.4, 0.5) is 8.78 Å². The van der Waals surface area contributed by atoms with Crippen LogP contribution >= 0.6 is 0 Å². The third-order valence-electron chi connectivity index (χ3n) is 6.11. The van der Waals surface area contributed by atoms with Crippen LogP contribution in [0.15, 0.2) is 71.9 Å². The Morgan fingerprint density at radius 2 is 1.63 bits per heavy atom. The summed E-state index contributed by atoms with van der Waals surface area (Å²) in [6.07, 6.45) is 4.48. The van der Waals surface area contributed by atoms with Crippen molar-refractivity contribution >= 4 is 5.97 Å². The van der Waals surface area contributed by atoms with E-state index in [0.29, 0.717) is 12.4 Å². The molecule has 1 atom stereocenters. The number of rotatable bonds is 5. The number of esters is 1. The fraction of sp³-hybridized carbons (Fsp3) is 0.231. The predicted molar refractivity (Wildman–Crippen MR) is 124 cm³/mol. The highest BCUT2D eigenvalue weighted by molar-refractivity contribution is 5.76. The molecule has 0 unspecified atom stereocenters. The summed E-state index contributed by atoms with van der Waals surface area (Å²) in [5.74, 6) is -1.86. The van der Waals surface area contributed by atoms with Crippen LogP contribution in [0.2, 0.25) is 0 Å². The first-order valence-electron chi connectivity index (χ1n) is 11.2. The van der Waals surface area contributed by atoms with Gasteiger partial charge >= 0.3 is 5.97 Å². The summed E-state index contributed by atoms with van der Waals surface area (Å²) in [7, 11) is 0. The molecule has 0 aliphatic carbocycles. The fourth-order valence-electron chi connectivity index (χ4n) is 4.40.